The van der Waals surface area contributed by atoms with Gasteiger partial charge in [0.2, 0.25) is 0 Å². The number of hydrogen-bond acceptors (Lipinski definition) is 2. The van der Waals surface area contributed by atoms with Crippen LogP contribution in [0.1, 0.15) is 31.2 Å². The summed E-state index contributed by atoms with van der Waals surface area (Å²) in [5, 5.41) is -0.0370. The molecule has 1 atom stereocenters. The fraction of sp³-hybridized carbons (Fsp3) is 0.538. The van der Waals surface area contributed by atoms with E-state index in [9.17, 15) is 0 Å². The summed E-state index contributed by atoms with van der Waals surface area (Å²) >= 11 is 6.38. The van der Waals surface area contributed by atoms with E-state index < -0.39 is 0 Å². The van der Waals surface area contributed by atoms with Crippen LogP contribution in [0.3, 0.4) is 0 Å². The lowest BCUT2D eigenvalue weighted by Gasteiger charge is -2.16. The van der Waals surface area contributed by atoms with Gasteiger partial charge < -0.3 is 9.47 Å². The van der Waals surface area contributed by atoms with Crippen LogP contribution in [0.4, 0.5) is 0 Å². The molecule has 0 heterocycles. The first-order chi connectivity index (χ1) is 7.58. The van der Waals surface area contributed by atoms with Crippen molar-refractivity contribution in [2.75, 3.05) is 14.2 Å². The molecular weight excluding hydrogens is 224 g/mol. The fourth-order valence-corrected chi connectivity index (χ4v) is 2.15. The highest BCUT2D eigenvalue weighted by Crippen LogP contribution is 2.36. The van der Waals surface area contributed by atoms with E-state index in [1.807, 2.05) is 18.2 Å². The van der Waals surface area contributed by atoms with Crippen molar-refractivity contribution < 1.29 is 9.47 Å². The lowest BCUT2D eigenvalue weighted by Crippen LogP contribution is -2.00. The van der Waals surface area contributed by atoms with Crippen LogP contribution in [0.25, 0.3) is 0 Å². The minimum Gasteiger partial charge on any atom is -0.497 e. The van der Waals surface area contributed by atoms with Crippen LogP contribution < -0.4 is 9.47 Å². The van der Waals surface area contributed by atoms with Gasteiger partial charge in [0, 0.05) is 5.56 Å². The first-order valence-electron chi connectivity index (χ1n) is 5.44. The Morgan fingerprint density at radius 1 is 1.19 bits per heavy atom. The Hall–Kier alpha value is -0.890. The molecule has 16 heavy (non-hydrogen) atoms. The predicted octanol–water partition coefficient (Wildman–Crippen LogP) is 4.03. The van der Waals surface area contributed by atoms with Gasteiger partial charge in [0.25, 0.3) is 0 Å². The average Bonchev–Trinajstić information content (AvgIpc) is 2.27. The number of rotatable bonds is 5. The third-order valence-corrected chi connectivity index (χ3v) is 2.87. The number of halogens is 1. The second-order valence-corrected chi connectivity index (χ2v) is 4.73. The molecule has 3 heteroatoms. The van der Waals surface area contributed by atoms with Crippen molar-refractivity contribution in [3.63, 3.8) is 0 Å². The normalized spacial score (nSPS) is 12.6. The van der Waals surface area contributed by atoms with Crippen LogP contribution in [-0.2, 0) is 0 Å². The molecule has 0 aromatic heterocycles. The lowest BCUT2D eigenvalue weighted by molar-refractivity contribution is 0.396. The van der Waals surface area contributed by atoms with Crippen LogP contribution in [0, 0.1) is 5.92 Å². The van der Waals surface area contributed by atoms with E-state index in [0.717, 1.165) is 23.5 Å². The Labute approximate surface area is 103 Å². The molecule has 1 aromatic rings. The number of methoxy groups -OCH3 is 2. The molecule has 0 aliphatic heterocycles. The van der Waals surface area contributed by atoms with Crippen molar-refractivity contribution >= 4 is 11.6 Å². The molecular formula is C13H19ClO2. The predicted molar refractivity (Wildman–Crippen MR) is 67.6 cm³/mol. The Morgan fingerprint density at radius 3 is 2.38 bits per heavy atom. The average molecular weight is 243 g/mol. The molecule has 1 unspecified atom stereocenters. The van der Waals surface area contributed by atoms with E-state index >= 15 is 0 Å². The third-order valence-electron chi connectivity index (χ3n) is 2.45. The Kier molecular flexibility index (Phi) is 4.94. The molecule has 0 fully saturated rings. The number of ether oxygens (including phenoxy) is 2. The second kappa shape index (κ2) is 6.00. The summed E-state index contributed by atoms with van der Waals surface area (Å²) in [5.41, 5.74) is 0.997. The highest BCUT2D eigenvalue weighted by Gasteiger charge is 2.15. The van der Waals surface area contributed by atoms with Gasteiger partial charge in [-0.1, -0.05) is 13.8 Å². The van der Waals surface area contributed by atoms with Crippen LogP contribution in [0.2, 0.25) is 0 Å². The summed E-state index contributed by atoms with van der Waals surface area (Å²) in [6.45, 7) is 4.31. The molecule has 0 aliphatic rings. The molecule has 0 aliphatic carbocycles. The van der Waals surface area contributed by atoms with Gasteiger partial charge in [0.15, 0.2) is 0 Å². The quantitative estimate of drug-likeness (QED) is 0.726. The largest absolute Gasteiger partial charge is 0.497 e. The van der Waals surface area contributed by atoms with Crippen LogP contribution >= 0.6 is 11.6 Å². The molecule has 0 N–H and O–H groups in total. The fourth-order valence-electron chi connectivity index (χ4n) is 1.63. The lowest BCUT2D eigenvalue weighted by atomic mass is 10.0. The molecule has 0 bridgehead atoms. The first kappa shape index (κ1) is 13.2. The smallest absolute Gasteiger partial charge is 0.123 e. The van der Waals surface area contributed by atoms with Crippen LogP contribution in [0.5, 0.6) is 11.5 Å². The van der Waals surface area contributed by atoms with Crippen molar-refractivity contribution in [1.29, 1.82) is 0 Å². The molecule has 0 amide bonds. The van der Waals surface area contributed by atoms with Crippen molar-refractivity contribution in [3.8, 4) is 11.5 Å². The second-order valence-electron chi connectivity index (χ2n) is 4.20. The summed E-state index contributed by atoms with van der Waals surface area (Å²) in [5.74, 6) is 2.19. The maximum atomic E-state index is 6.38. The van der Waals surface area contributed by atoms with E-state index in [4.69, 9.17) is 21.1 Å². The summed E-state index contributed by atoms with van der Waals surface area (Å²) < 4.78 is 10.5. The summed E-state index contributed by atoms with van der Waals surface area (Å²) in [4.78, 5) is 0. The maximum Gasteiger partial charge on any atom is 0.123 e. The summed E-state index contributed by atoms with van der Waals surface area (Å²) in [7, 11) is 3.31. The standard InChI is InChI=1S/C13H19ClO2/c1-9(2)7-12(14)11-8-10(15-3)5-6-13(11)16-4/h5-6,8-9,12H,7H2,1-4H3. The van der Waals surface area contributed by atoms with Gasteiger partial charge in [-0.3, -0.25) is 0 Å². The highest BCUT2D eigenvalue weighted by atomic mass is 35.5. The topological polar surface area (TPSA) is 18.5 Å². The molecule has 2 nitrogen and oxygen atoms in total. The van der Waals surface area contributed by atoms with E-state index in [-0.39, 0.29) is 5.38 Å². The molecule has 0 saturated carbocycles. The van der Waals surface area contributed by atoms with Crippen molar-refractivity contribution in [2.45, 2.75) is 25.6 Å². The summed E-state index contributed by atoms with van der Waals surface area (Å²) in [6, 6.07) is 5.71. The molecule has 0 saturated heterocycles. The van der Waals surface area contributed by atoms with E-state index in [1.165, 1.54) is 0 Å². The zero-order valence-electron chi connectivity index (χ0n) is 10.3. The van der Waals surface area contributed by atoms with Crippen LogP contribution in [-0.4, -0.2) is 14.2 Å². The summed E-state index contributed by atoms with van der Waals surface area (Å²) in [6.07, 6.45) is 0.922. The first-order valence-corrected chi connectivity index (χ1v) is 5.88. The van der Waals surface area contributed by atoms with Gasteiger partial charge in [-0.15, -0.1) is 11.6 Å². The van der Waals surface area contributed by atoms with Gasteiger partial charge in [-0.25, -0.2) is 0 Å². The molecule has 1 aromatic carbocycles. The van der Waals surface area contributed by atoms with E-state index in [1.54, 1.807) is 14.2 Å². The Bertz CT molecular complexity index is 337. The highest BCUT2D eigenvalue weighted by molar-refractivity contribution is 6.21. The van der Waals surface area contributed by atoms with Crippen LogP contribution in [0.15, 0.2) is 18.2 Å². The molecule has 0 spiro atoms. The maximum absolute atomic E-state index is 6.38. The zero-order valence-corrected chi connectivity index (χ0v) is 11.0. The third kappa shape index (κ3) is 3.31. The number of alkyl halides is 1. The number of hydrogen-bond donors (Lipinski definition) is 0. The minimum absolute atomic E-state index is 0.0370. The van der Waals surface area contributed by atoms with Crippen molar-refractivity contribution in [2.24, 2.45) is 5.92 Å². The SMILES string of the molecule is COc1ccc(OC)c(C(Cl)CC(C)C)c1. The van der Waals surface area contributed by atoms with E-state index in [2.05, 4.69) is 13.8 Å². The van der Waals surface area contributed by atoms with Gasteiger partial charge in [-0.05, 0) is 30.5 Å². The van der Waals surface area contributed by atoms with Gasteiger partial charge >= 0.3 is 0 Å². The Balaban J connectivity index is 2.98. The molecule has 90 valence electrons. The van der Waals surface area contributed by atoms with Gasteiger partial charge in [0.1, 0.15) is 11.5 Å². The molecule has 1 rings (SSSR count). The Morgan fingerprint density at radius 2 is 1.88 bits per heavy atom. The number of benzene rings is 1. The van der Waals surface area contributed by atoms with Crippen molar-refractivity contribution in [1.82, 2.24) is 0 Å². The minimum atomic E-state index is -0.0370. The zero-order chi connectivity index (χ0) is 12.1. The van der Waals surface area contributed by atoms with E-state index in [0.29, 0.717) is 5.92 Å². The van der Waals surface area contributed by atoms with Gasteiger partial charge in [-0.2, -0.15) is 0 Å². The molecule has 0 radical (unpaired) electrons. The van der Waals surface area contributed by atoms with Crippen molar-refractivity contribution in [3.05, 3.63) is 23.8 Å². The van der Waals surface area contributed by atoms with Gasteiger partial charge in [0.05, 0.1) is 19.6 Å². The monoisotopic (exact) mass is 242 g/mol.